The third-order valence-electron chi connectivity index (χ3n) is 1.64. The van der Waals surface area contributed by atoms with Crippen LogP contribution in [0.5, 0.6) is 0 Å². The molecular weight excluding hydrogens is 380 g/mol. The fourth-order valence-electron chi connectivity index (χ4n) is 1.12. The van der Waals surface area contributed by atoms with Crippen molar-refractivity contribution in [2.24, 2.45) is 0 Å². The van der Waals surface area contributed by atoms with Gasteiger partial charge < -0.3 is 0 Å². The van der Waals surface area contributed by atoms with Gasteiger partial charge in [-0.15, -0.1) is 0 Å². The minimum absolute atomic E-state index is 0.986. The van der Waals surface area contributed by atoms with Crippen LogP contribution in [0, 0.1) is 14.5 Å². The molecule has 2 aromatic rings. The molecule has 0 spiro atoms. The third-order valence-corrected chi connectivity index (χ3v) is 3.19. The Morgan fingerprint density at radius 2 is 2.17 bits per heavy atom. The number of fused-ring (bicyclic) bond motifs is 1. The first-order valence-corrected chi connectivity index (χ1v) is 5.50. The van der Waals surface area contributed by atoms with Crippen LogP contribution in [0.25, 0.3) is 5.52 Å². The fraction of sp³-hybridized carbons (Fsp3) is 0.143. The van der Waals surface area contributed by atoms with E-state index in [1.54, 1.807) is 6.20 Å². The first kappa shape index (κ1) is 8.67. The predicted molar refractivity (Wildman–Crippen MR) is 63.2 cm³/mol. The molecule has 0 amide bonds. The van der Waals surface area contributed by atoms with Crippen molar-refractivity contribution in [1.82, 2.24) is 14.4 Å². The van der Waals surface area contributed by atoms with Crippen molar-refractivity contribution in [3.8, 4) is 0 Å². The Morgan fingerprint density at radius 1 is 1.42 bits per heavy atom. The summed E-state index contributed by atoms with van der Waals surface area (Å²) in [6.07, 6.45) is 3.72. The van der Waals surface area contributed by atoms with Gasteiger partial charge >= 0.3 is 0 Å². The molecule has 0 aliphatic heterocycles. The summed E-state index contributed by atoms with van der Waals surface area (Å²) in [6, 6.07) is 0. The summed E-state index contributed by atoms with van der Waals surface area (Å²) in [4.78, 5) is 8.56. The molecule has 2 heterocycles. The zero-order valence-electron chi connectivity index (χ0n) is 6.25. The lowest BCUT2D eigenvalue weighted by Crippen LogP contribution is -1.91. The summed E-state index contributed by atoms with van der Waals surface area (Å²) in [6.45, 7) is 2.00. The van der Waals surface area contributed by atoms with E-state index in [4.69, 9.17) is 0 Å². The molecule has 2 rings (SSSR count). The Balaban J connectivity index is 2.99. The van der Waals surface area contributed by atoms with Gasteiger partial charge in [-0.1, -0.05) is 0 Å². The third kappa shape index (κ3) is 1.22. The maximum Gasteiger partial charge on any atom is 0.176 e. The summed E-state index contributed by atoms with van der Waals surface area (Å²) in [5.74, 6) is 0. The second-order valence-corrected chi connectivity index (χ2v) is 4.39. The van der Waals surface area contributed by atoms with E-state index in [1.807, 2.05) is 17.5 Å². The maximum absolute atomic E-state index is 4.36. The Kier molecular flexibility index (Phi) is 2.23. The fourth-order valence-corrected chi connectivity index (χ4v) is 2.70. The van der Waals surface area contributed by atoms with Crippen LogP contribution in [0.15, 0.2) is 12.4 Å². The summed E-state index contributed by atoms with van der Waals surface area (Å²) in [5, 5.41) is 0. The highest BCUT2D eigenvalue weighted by Gasteiger charge is 2.07. The van der Waals surface area contributed by atoms with Crippen molar-refractivity contribution in [2.75, 3.05) is 0 Å². The summed E-state index contributed by atoms with van der Waals surface area (Å²) >= 11 is 4.44. The van der Waals surface area contributed by atoms with E-state index in [0.29, 0.717) is 0 Å². The van der Waals surface area contributed by atoms with Gasteiger partial charge in [0.05, 0.1) is 5.69 Å². The SMILES string of the molecule is Cc1nc(I)n2ccnc(I)c12. The van der Waals surface area contributed by atoms with Gasteiger partial charge in [0.25, 0.3) is 0 Å². The number of halogens is 2. The lowest BCUT2D eigenvalue weighted by molar-refractivity contribution is 1.06. The van der Waals surface area contributed by atoms with E-state index in [2.05, 4.69) is 55.1 Å². The smallest absolute Gasteiger partial charge is 0.176 e. The highest BCUT2D eigenvalue weighted by atomic mass is 127. The summed E-state index contributed by atoms with van der Waals surface area (Å²) in [5.41, 5.74) is 2.15. The molecule has 0 unspecified atom stereocenters. The first-order chi connectivity index (χ1) is 5.70. The van der Waals surface area contributed by atoms with Crippen LogP contribution in [-0.2, 0) is 0 Å². The summed E-state index contributed by atoms with van der Waals surface area (Å²) in [7, 11) is 0. The highest BCUT2D eigenvalue weighted by Crippen LogP contribution is 2.17. The second-order valence-electron chi connectivity index (χ2n) is 2.40. The molecule has 12 heavy (non-hydrogen) atoms. The van der Waals surface area contributed by atoms with Crippen LogP contribution in [-0.4, -0.2) is 14.4 Å². The summed E-state index contributed by atoms with van der Waals surface area (Å²) < 4.78 is 4.04. The van der Waals surface area contributed by atoms with E-state index in [9.17, 15) is 0 Å². The highest BCUT2D eigenvalue weighted by molar-refractivity contribution is 14.1. The van der Waals surface area contributed by atoms with Gasteiger partial charge in [-0.2, -0.15) is 0 Å². The topological polar surface area (TPSA) is 30.2 Å². The molecule has 0 saturated heterocycles. The van der Waals surface area contributed by atoms with Gasteiger partial charge in [0.15, 0.2) is 3.83 Å². The van der Waals surface area contributed by atoms with Crippen molar-refractivity contribution >= 4 is 50.7 Å². The number of hydrogen-bond acceptors (Lipinski definition) is 2. The molecule has 0 aliphatic rings. The number of aromatic nitrogens is 3. The van der Waals surface area contributed by atoms with Crippen LogP contribution in [0.1, 0.15) is 5.69 Å². The van der Waals surface area contributed by atoms with Crippen molar-refractivity contribution in [3.63, 3.8) is 0 Å². The Labute approximate surface area is 96.9 Å². The number of imidazole rings is 1. The Morgan fingerprint density at radius 3 is 2.83 bits per heavy atom. The molecule has 0 radical (unpaired) electrons. The monoisotopic (exact) mass is 385 g/mol. The Hall–Kier alpha value is 0.0800. The number of hydrogen-bond donors (Lipinski definition) is 0. The Bertz CT molecular complexity index is 435. The lowest BCUT2D eigenvalue weighted by Gasteiger charge is -1.95. The average molecular weight is 385 g/mol. The molecule has 0 bridgehead atoms. The second kappa shape index (κ2) is 3.09. The lowest BCUT2D eigenvalue weighted by atomic mass is 10.4. The molecule has 0 atom stereocenters. The zero-order valence-corrected chi connectivity index (χ0v) is 10.6. The van der Waals surface area contributed by atoms with Crippen LogP contribution in [0.4, 0.5) is 0 Å². The van der Waals surface area contributed by atoms with Crippen LogP contribution in [0.2, 0.25) is 0 Å². The van der Waals surface area contributed by atoms with Gasteiger partial charge in [0.2, 0.25) is 0 Å². The quantitative estimate of drug-likeness (QED) is 0.652. The molecule has 2 aromatic heterocycles. The minimum atomic E-state index is 0.986. The van der Waals surface area contributed by atoms with Gasteiger partial charge in [-0.3, -0.25) is 4.40 Å². The van der Waals surface area contributed by atoms with E-state index < -0.39 is 0 Å². The van der Waals surface area contributed by atoms with Crippen molar-refractivity contribution in [2.45, 2.75) is 6.92 Å². The largest absolute Gasteiger partial charge is 0.291 e. The van der Waals surface area contributed by atoms with Crippen molar-refractivity contribution < 1.29 is 0 Å². The zero-order chi connectivity index (χ0) is 8.72. The number of nitrogens with zero attached hydrogens (tertiary/aromatic N) is 3. The molecule has 0 aliphatic carbocycles. The van der Waals surface area contributed by atoms with Gasteiger partial charge in [-0.25, -0.2) is 9.97 Å². The van der Waals surface area contributed by atoms with Crippen LogP contribution >= 0.6 is 45.2 Å². The minimum Gasteiger partial charge on any atom is -0.291 e. The predicted octanol–water partition coefficient (Wildman–Crippen LogP) is 2.25. The van der Waals surface area contributed by atoms with Gasteiger partial charge in [0, 0.05) is 35.0 Å². The first-order valence-electron chi connectivity index (χ1n) is 3.35. The van der Waals surface area contributed by atoms with Crippen LogP contribution in [0.3, 0.4) is 0 Å². The van der Waals surface area contributed by atoms with E-state index in [-0.39, 0.29) is 0 Å². The molecule has 0 saturated carbocycles. The van der Waals surface area contributed by atoms with Gasteiger partial charge in [0.1, 0.15) is 9.22 Å². The number of rotatable bonds is 0. The molecule has 0 aromatic carbocycles. The normalized spacial score (nSPS) is 10.9. The van der Waals surface area contributed by atoms with E-state index >= 15 is 0 Å². The molecule has 0 fully saturated rings. The van der Waals surface area contributed by atoms with Gasteiger partial charge in [-0.05, 0) is 29.5 Å². The molecule has 0 N–H and O–H groups in total. The van der Waals surface area contributed by atoms with Crippen molar-refractivity contribution in [3.05, 3.63) is 25.6 Å². The van der Waals surface area contributed by atoms with E-state index in [0.717, 1.165) is 18.7 Å². The van der Waals surface area contributed by atoms with Crippen molar-refractivity contribution in [1.29, 1.82) is 0 Å². The average Bonchev–Trinajstić information content (AvgIpc) is 2.29. The van der Waals surface area contributed by atoms with E-state index in [1.165, 1.54) is 0 Å². The molecule has 62 valence electrons. The maximum atomic E-state index is 4.36. The molecular formula is C7H5I2N3. The number of aryl methyl sites for hydroxylation is 1. The molecule has 3 nitrogen and oxygen atoms in total. The molecule has 5 heteroatoms. The standard InChI is InChI=1S/C7H5I2N3/c1-4-5-6(8)10-2-3-12(5)7(9)11-4/h2-3H,1H3. The van der Waals surface area contributed by atoms with Crippen LogP contribution < -0.4 is 0 Å².